The number of rotatable bonds is 2. The molecule has 0 spiro atoms. The third kappa shape index (κ3) is 3.79. The zero-order chi connectivity index (χ0) is 14.4. The number of morpholine rings is 1. The lowest BCUT2D eigenvalue weighted by atomic mass is 10.1. The lowest BCUT2D eigenvalue weighted by Gasteiger charge is -2.29. The van der Waals surface area contributed by atoms with Crippen LogP contribution in [0.1, 0.15) is 11.1 Å². The summed E-state index contributed by atoms with van der Waals surface area (Å²) in [5.74, 6) is 4.63. The van der Waals surface area contributed by atoms with Crippen LogP contribution in [-0.2, 0) is 11.3 Å². The molecule has 1 fully saturated rings. The second kappa shape index (κ2) is 7.02. The van der Waals surface area contributed by atoms with Crippen molar-refractivity contribution in [3.05, 3.63) is 35.1 Å². The molecule has 4 nitrogen and oxygen atoms in total. The molecule has 2 rings (SSSR count). The zero-order valence-corrected chi connectivity index (χ0v) is 11.0. The van der Waals surface area contributed by atoms with Crippen LogP contribution >= 0.6 is 0 Å². The number of nitriles is 1. The third-order valence-electron chi connectivity index (χ3n) is 3.03. The number of hydrogen-bond donors (Lipinski definition) is 1. The Morgan fingerprint density at radius 2 is 2.35 bits per heavy atom. The van der Waals surface area contributed by atoms with E-state index in [1.807, 2.05) is 0 Å². The van der Waals surface area contributed by atoms with Crippen LogP contribution in [0.4, 0.5) is 4.39 Å². The maximum absolute atomic E-state index is 13.5. The van der Waals surface area contributed by atoms with E-state index >= 15 is 0 Å². The van der Waals surface area contributed by atoms with Crippen molar-refractivity contribution in [2.24, 2.45) is 0 Å². The molecule has 1 N–H and O–H groups in total. The highest BCUT2D eigenvalue weighted by atomic mass is 19.1. The Labute approximate surface area is 117 Å². The highest BCUT2D eigenvalue weighted by molar-refractivity contribution is 5.38. The maximum Gasteiger partial charge on any atom is 0.156 e. The molecule has 20 heavy (non-hydrogen) atoms. The molecule has 0 aliphatic carbocycles. The second-order valence-corrected chi connectivity index (χ2v) is 4.50. The number of hydrogen-bond acceptors (Lipinski definition) is 4. The molecule has 104 valence electrons. The van der Waals surface area contributed by atoms with Crippen molar-refractivity contribution >= 4 is 0 Å². The molecule has 0 aromatic heterocycles. The molecule has 1 aliphatic heterocycles. The van der Waals surface area contributed by atoms with E-state index in [1.54, 1.807) is 12.1 Å². The van der Waals surface area contributed by atoms with Gasteiger partial charge in [-0.1, -0.05) is 17.9 Å². The average Bonchev–Trinajstić information content (AvgIpc) is 2.48. The quantitative estimate of drug-likeness (QED) is 0.814. The van der Waals surface area contributed by atoms with Crippen molar-refractivity contribution < 1.29 is 14.2 Å². The van der Waals surface area contributed by atoms with E-state index in [-0.39, 0.29) is 12.2 Å². The monoisotopic (exact) mass is 274 g/mol. The van der Waals surface area contributed by atoms with E-state index in [0.717, 1.165) is 12.1 Å². The van der Waals surface area contributed by atoms with Gasteiger partial charge in [-0.15, -0.1) is 0 Å². The van der Waals surface area contributed by atoms with Crippen molar-refractivity contribution in [1.82, 2.24) is 4.90 Å². The van der Waals surface area contributed by atoms with Gasteiger partial charge in [0.15, 0.2) is 6.10 Å². The average molecular weight is 274 g/mol. The first-order valence-corrected chi connectivity index (χ1v) is 6.34. The summed E-state index contributed by atoms with van der Waals surface area (Å²) in [7, 11) is 0. The minimum absolute atomic E-state index is 0.279. The van der Waals surface area contributed by atoms with Crippen LogP contribution in [0.15, 0.2) is 18.2 Å². The topological polar surface area (TPSA) is 56.5 Å². The summed E-state index contributed by atoms with van der Waals surface area (Å²) in [6.45, 7) is 2.14. The van der Waals surface area contributed by atoms with Gasteiger partial charge in [0.25, 0.3) is 0 Å². The highest BCUT2D eigenvalue weighted by Gasteiger charge is 2.19. The van der Waals surface area contributed by atoms with Gasteiger partial charge in [0, 0.05) is 19.6 Å². The molecule has 1 saturated heterocycles. The number of benzene rings is 1. The fourth-order valence-corrected chi connectivity index (χ4v) is 2.08. The lowest BCUT2D eigenvalue weighted by molar-refractivity contribution is -0.00270. The molecule has 1 heterocycles. The maximum atomic E-state index is 13.5. The number of aliphatic hydroxyl groups is 1. The van der Waals surface area contributed by atoms with Crippen LogP contribution in [-0.4, -0.2) is 42.4 Å². The van der Waals surface area contributed by atoms with Gasteiger partial charge in [-0.05, 0) is 17.7 Å². The normalized spacial score (nSPS) is 18.9. The fourth-order valence-electron chi connectivity index (χ4n) is 2.08. The summed E-state index contributed by atoms with van der Waals surface area (Å²) in [5.41, 5.74) is 1.20. The van der Waals surface area contributed by atoms with Crippen molar-refractivity contribution in [3.63, 3.8) is 0 Å². The zero-order valence-electron chi connectivity index (χ0n) is 11.0. The number of halogens is 1. The van der Waals surface area contributed by atoms with Gasteiger partial charge in [0.05, 0.1) is 18.2 Å². The first-order valence-electron chi connectivity index (χ1n) is 6.34. The number of nitrogens with zero attached hydrogens (tertiary/aromatic N) is 2. The molecule has 0 saturated carbocycles. The smallest absolute Gasteiger partial charge is 0.156 e. The molecular weight excluding hydrogens is 259 g/mol. The van der Waals surface area contributed by atoms with Crippen LogP contribution in [0, 0.1) is 29.0 Å². The molecule has 1 unspecified atom stereocenters. The van der Waals surface area contributed by atoms with Gasteiger partial charge in [0.1, 0.15) is 12.4 Å². The first kappa shape index (κ1) is 14.5. The van der Waals surface area contributed by atoms with Crippen molar-refractivity contribution in [2.75, 3.05) is 26.3 Å². The molecule has 1 aromatic carbocycles. The van der Waals surface area contributed by atoms with Crippen LogP contribution in [0.5, 0.6) is 0 Å². The summed E-state index contributed by atoms with van der Waals surface area (Å²) in [6.07, 6.45) is -0.405. The molecule has 1 atom stereocenters. The lowest BCUT2D eigenvalue weighted by Crippen LogP contribution is -2.41. The first-order chi connectivity index (χ1) is 9.72. The largest absolute Gasteiger partial charge is 0.384 e. The van der Waals surface area contributed by atoms with Gasteiger partial charge in [-0.3, -0.25) is 4.90 Å². The summed E-state index contributed by atoms with van der Waals surface area (Å²) >= 11 is 0. The van der Waals surface area contributed by atoms with Gasteiger partial charge < -0.3 is 9.84 Å². The van der Waals surface area contributed by atoms with E-state index < -0.39 is 11.9 Å². The summed E-state index contributed by atoms with van der Waals surface area (Å²) in [5, 5.41) is 17.5. The summed E-state index contributed by atoms with van der Waals surface area (Å²) < 4.78 is 18.8. The van der Waals surface area contributed by atoms with E-state index in [1.165, 1.54) is 6.07 Å². The van der Waals surface area contributed by atoms with Crippen LogP contribution in [0.25, 0.3) is 0 Å². The predicted octanol–water partition coefficient (Wildman–Crippen LogP) is 0.894. The Hall–Kier alpha value is -1.92. The van der Waals surface area contributed by atoms with Gasteiger partial charge in [-0.25, -0.2) is 4.39 Å². The third-order valence-corrected chi connectivity index (χ3v) is 3.03. The van der Waals surface area contributed by atoms with Crippen LogP contribution in [0.2, 0.25) is 0 Å². The molecule has 1 aliphatic rings. The minimum Gasteiger partial charge on any atom is -0.384 e. The molecule has 1 aromatic rings. The second-order valence-electron chi connectivity index (χ2n) is 4.50. The Morgan fingerprint density at radius 3 is 3.10 bits per heavy atom. The molecule has 0 amide bonds. The number of ether oxygens (including phenoxy) is 1. The van der Waals surface area contributed by atoms with Gasteiger partial charge in [-0.2, -0.15) is 5.26 Å². The summed E-state index contributed by atoms with van der Waals surface area (Å²) in [6, 6.07) is 6.85. The van der Waals surface area contributed by atoms with Gasteiger partial charge >= 0.3 is 0 Å². The van der Waals surface area contributed by atoms with E-state index in [0.29, 0.717) is 19.7 Å². The SMILES string of the molecule is N#CC1CN(Cc2ccc(F)c(C#CCO)c2)CCO1. The number of aliphatic hydroxyl groups excluding tert-OH is 1. The Balaban J connectivity index is 2.08. The van der Waals surface area contributed by atoms with E-state index in [4.69, 9.17) is 15.1 Å². The minimum atomic E-state index is -0.405. The predicted molar refractivity (Wildman–Crippen MR) is 71.0 cm³/mol. The van der Waals surface area contributed by atoms with E-state index in [2.05, 4.69) is 22.8 Å². The Kier molecular flexibility index (Phi) is 5.09. The van der Waals surface area contributed by atoms with Gasteiger partial charge in [0.2, 0.25) is 0 Å². The van der Waals surface area contributed by atoms with Crippen molar-refractivity contribution in [3.8, 4) is 17.9 Å². The van der Waals surface area contributed by atoms with E-state index in [9.17, 15) is 4.39 Å². The van der Waals surface area contributed by atoms with Crippen LogP contribution in [0.3, 0.4) is 0 Å². The molecular formula is C15H15FN2O2. The molecule has 0 radical (unpaired) electrons. The summed E-state index contributed by atoms with van der Waals surface area (Å²) in [4.78, 5) is 2.09. The highest BCUT2D eigenvalue weighted by Crippen LogP contribution is 2.14. The van der Waals surface area contributed by atoms with Crippen molar-refractivity contribution in [1.29, 1.82) is 5.26 Å². The Morgan fingerprint density at radius 1 is 1.50 bits per heavy atom. The Bertz CT molecular complexity index is 571. The molecule has 5 heteroatoms. The van der Waals surface area contributed by atoms with Crippen LogP contribution < -0.4 is 0 Å². The fraction of sp³-hybridized carbons (Fsp3) is 0.400. The standard InChI is InChI=1S/C15H15FN2O2/c16-15-4-3-12(8-13(15)2-1-6-19)10-18-5-7-20-14(9-17)11-18/h3-4,8,14,19H,5-7,10-11H2. The van der Waals surface area contributed by atoms with Crippen molar-refractivity contribution in [2.45, 2.75) is 12.6 Å². The molecule has 0 bridgehead atoms.